The van der Waals surface area contributed by atoms with Gasteiger partial charge in [0.2, 0.25) is 0 Å². The van der Waals surface area contributed by atoms with Gasteiger partial charge in [-0.1, -0.05) is 45.9 Å². The summed E-state index contributed by atoms with van der Waals surface area (Å²) >= 11 is 0. The summed E-state index contributed by atoms with van der Waals surface area (Å²) in [4.78, 5) is 0.513. The maximum atomic E-state index is 12.1. The van der Waals surface area contributed by atoms with Gasteiger partial charge < -0.3 is 5.32 Å². The van der Waals surface area contributed by atoms with Crippen LogP contribution in [0.25, 0.3) is 0 Å². The zero-order valence-electron chi connectivity index (χ0n) is 13.5. The highest BCUT2D eigenvalue weighted by molar-refractivity contribution is 7.91. The van der Waals surface area contributed by atoms with Gasteiger partial charge in [0.05, 0.1) is 10.6 Å². The molecule has 0 spiro atoms. The number of nitrogens with one attached hydrogen (secondary N) is 1. The Labute approximate surface area is 129 Å². The molecule has 4 heteroatoms. The second kappa shape index (κ2) is 6.49. The van der Waals surface area contributed by atoms with Gasteiger partial charge in [0.1, 0.15) is 0 Å². The fourth-order valence-electron chi connectivity index (χ4n) is 3.32. The van der Waals surface area contributed by atoms with E-state index in [2.05, 4.69) is 33.0 Å². The largest absolute Gasteiger partial charge is 0.310 e. The van der Waals surface area contributed by atoms with Crippen LogP contribution in [0.5, 0.6) is 0 Å². The SMILES string of the molecule is CC(C)C(CNC1CCS(=O)(=O)c2ccccc21)C(C)C. The van der Waals surface area contributed by atoms with Crippen LogP contribution in [0.1, 0.15) is 45.7 Å². The predicted molar refractivity (Wildman–Crippen MR) is 87.0 cm³/mol. The Morgan fingerprint density at radius 1 is 1.14 bits per heavy atom. The van der Waals surface area contributed by atoms with E-state index < -0.39 is 9.84 Å². The molecule has 1 aromatic carbocycles. The van der Waals surface area contributed by atoms with Crippen LogP contribution in [0.3, 0.4) is 0 Å². The Morgan fingerprint density at radius 3 is 2.38 bits per heavy atom. The average molecular weight is 309 g/mol. The minimum Gasteiger partial charge on any atom is -0.310 e. The van der Waals surface area contributed by atoms with Gasteiger partial charge in [0, 0.05) is 6.04 Å². The molecule has 1 atom stereocenters. The van der Waals surface area contributed by atoms with Crippen molar-refractivity contribution in [1.29, 1.82) is 0 Å². The molecule has 21 heavy (non-hydrogen) atoms. The summed E-state index contributed by atoms with van der Waals surface area (Å²) in [6.07, 6.45) is 0.669. The van der Waals surface area contributed by atoms with Crippen LogP contribution >= 0.6 is 0 Å². The van der Waals surface area contributed by atoms with E-state index in [1.54, 1.807) is 6.07 Å². The summed E-state index contributed by atoms with van der Waals surface area (Å²) in [6.45, 7) is 9.96. The first-order valence-electron chi connectivity index (χ1n) is 7.88. The molecule has 0 aromatic heterocycles. The predicted octanol–water partition coefficient (Wildman–Crippen LogP) is 3.42. The molecule has 0 amide bonds. The van der Waals surface area contributed by atoms with Crippen molar-refractivity contribution in [3.63, 3.8) is 0 Å². The fraction of sp³-hybridized carbons (Fsp3) is 0.647. The fourth-order valence-corrected chi connectivity index (χ4v) is 4.94. The van der Waals surface area contributed by atoms with E-state index in [0.29, 0.717) is 29.1 Å². The third-order valence-corrected chi connectivity index (χ3v) is 6.43. The molecule has 3 nitrogen and oxygen atoms in total. The Bertz CT molecular complexity index is 570. The monoisotopic (exact) mass is 309 g/mol. The van der Waals surface area contributed by atoms with Gasteiger partial charge in [-0.3, -0.25) is 0 Å². The van der Waals surface area contributed by atoms with Crippen LogP contribution in [-0.2, 0) is 9.84 Å². The van der Waals surface area contributed by atoms with E-state index in [0.717, 1.165) is 12.1 Å². The van der Waals surface area contributed by atoms with E-state index in [1.165, 1.54) is 0 Å². The van der Waals surface area contributed by atoms with Gasteiger partial charge in [-0.2, -0.15) is 0 Å². The molecule has 0 fully saturated rings. The molecular formula is C17H27NO2S. The van der Waals surface area contributed by atoms with E-state index in [-0.39, 0.29) is 11.8 Å². The van der Waals surface area contributed by atoms with Gasteiger partial charge in [0.15, 0.2) is 9.84 Å². The average Bonchev–Trinajstić information content (AvgIpc) is 2.41. The number of sulfone groups is 1. The van der Waals surface area contributed by atoms with Crippen LogP contribution in [0.2, 0.25) is 0 Å². The van der Waals surface area contributed by atoms with Crippen molar-refractivity contribution in [3.8, 4) is 0 Å². The highest BCUT2D eigenvalue weighted by atomic mass is 32.2. The number of hydrogen-bond donors (Lipinski definition) is 1. The smallest absolute Gasteiger partial charge is 0.178 e. The summed E-state index contributed by atoms with van der Waals surface area (Å²) in [6, 6.07) is 7.58. The van der Waals surface area contributed by atoms with E-state index in [4.69, 9.17) is 0 Å². The second-order valence-electron chi connectivity index (χ2n) is 6.76. The Balaban J connectivity index is 2.16. The lowest BCUT2D eigenvalue weighted by Crippen LogP contribution is -2.35. The first kappa shape index (κ1) is 16.5. The Hall–Kier alpha value is -0.870. The quantitative estimate of drug-likeness (QED) is 0.906. The molecule has 2 rings (SSSR count). The number of fused-ring (bicyclic) bond motifs is 1. The minimum absolute atomic E-state index is 0.157. The van der Waals surface area contributed by atoms with E-state index in [9.17, 15) is 8.42 Å². The molecule has 118 valence electrons. The van der Waals surface area contributed by atoms with Crippen molar-refractivity contribution in [2.75, 3.05) is 12.3 Å². The van der Waals surface area contributed by atoms with Gasteiger partial charge in [0.25, 0.3) is 0 Å². The Morgan fingerprint density at radius 2 is 1.76 bits per heavy atom. The minimum atomic E-state index is -3.09. The highest BCUT2D eigenvalue weighted by Crippen LogP contribution is 2.32. The zero-order chi connectivity index (χ0) is 15.6. The van der Waals surface area contributed by atoms with Crippen LogP contribution in [-0.4, -0.2) is 20.7 Å². The first-order chi connectivity index (χ1) is 9.83. The zero-order valence-corrected chi connectivity index (χ0v) is 14.3. The molecule has 0 bridgehead atoms. The van der Waals surface area contributed by atoms with Crippen molar-refractivity contribution >= 4 is 9.84 Å². The van der Waals surface area contributed by atoms with Gasteiger partial charge in [-0.05, 0) is 42.3 Å². The molecule has 1 aromatic rings. The molecule has 1 heterocycles. The van der Waals surface area contributed by atoms with Crippen LogP contribution < -0.4 is 5.32 Å². The standard InChI is InChI=1S/C17H27NO2S/c1-12(2)15(13(3)4)11-18-16-9-10-21(19,20)17-8-6-5-7-14(16)17/h5-8,12-13,15-16,18H,9-11H2,1-4H3. The maximum absolute atomic E-state index is 12.1. The van der Waals surface area contributed by atoms with Crippen molar-refractivity contribution in [2.24, 2.45) is 17.8 Å². The highest BCUT2D eigenvalue weighted by Gasteiger charge is 2.30. The molecule has 0 aliphatic carbocycles. The Kier molecular flexibility index (Phi) is 5.10. The number of rotatable bonds is 5. The third kappa shape index (κ3) is 3.67. The van der Waals surface area contributed by atoms with Crippen molar-refractivity contribution in [2.45, 2.75) is 45.1 Å². The summed E-state index contributed by atoms with van der Waals surface area (Å²) in [7, 11) is -3.09. The van der Waals surface area contributed by atoms with Gasteiger partial charge >= 0.3 is 0 Å². The third-order valence-electron chi connectivity index (χ3n) is 4.62. The molecule has 0 saturated carbocycles. The molecule has 1 aliphatic heterocycles. The number of benzene rings is 1. The van der Waals surface area contributed by atoms with Crippen molar-refractivity contribution in [3.05, 3.63) is 29.8 Å². The molecule has 0 saturated heterocycles. The lowest BCUT2D eigenvalue weighted by Gasteiger charge is -2.31. The molecule has 1 N–H and O–H groups in total. The van der Waals surface area contributed by atoms with Crippen LogP contribution in [0.4, 0.5) is 0 Å². The molecule has 1 aliphatic rings. The van der Waals surface area contributed by atoms with Crippen molar-refractivity contribution in [1.82, 2.24) is 5.32 Å². The van der Waals surface area contributed by atoms with Crippen LogP contribution in [0.15, 0.2) is 29.2 Å². The first-order valence-corrected chi connectivity index (χ1v) is 9.53. The van der Waals surface area contributed by atoms with Gasteiger partial charge in [-0.15, -0.1) is 0 Å². The second-order valence-corrected chi connectivity index (χ2v) is 8.84. The molecular weight excluding hydrogens is 282 g/mol. The number of hydrogen-bond acceptors (Lipinski definition) is 3. The maximum Gasteiger partial charge on any atom is 0.178 e. The van der Waals surface area contributed by atoms with E-state index in [1.807, 2.05) is 18.2 Å². The lowest BCUT2D eigenvalue weighted by atomic mass is 9.85. The summed E-state index contributed by atoms with van der Waals surface area (Å²) < 4.78 is 24.3. The van der Waals surface area contributed by atoms with Crippen molar-refractivity contribution < 1.29 is 8.42 Å². The summed E-state index contributed by atoms with van der Waals surface area (Å²) in [5.41, 5.74) is 0.940. The lowest BCUT2D eigenvalue weighted by molar-refractivity contribution is 0.263. The topological polar surface area (TPSA) is 46.2 Å². The summed E-state index contributed by atoms with van der Waals surface area (Å²) in [5.74, 6) is 2.10. The normalized spacial score (nSPS) is 21.0. The molecule has 1 unspecified atom stereocenters. The van der Waals surface area contributed by atoms with Gasteiger partial charge in [-0.25, -0.2) is 8.42 Å². The molecule has 0 radical (unpaired) electrons. The van der Waals surface area contributed by atoms with E-state index >= 15 is 0 Å². The summed E-state index contributed by atoms with van der Waals surface area (Å²) in [5, 5.41) is 3.61. The van der Waals surface area contributed by atoms with Crippen LogP contribution in [0, 0.1) is 17.8 Å².